The van der Waals surface area contributed by atoms with Gasteiger partial charge in [0.05, 0.1) is 7.11 Å². The number of benzene rings is 2. The topological polar surface area (TPSA) is 35.5 Å². The van der Waals surface area contributed by atoms with Crippen molar-refractivity contribution in [2.75, 3.05) is 7.11 Å². The van der Waals surface area contributed by atoms with Crippen LogP contribution in [0, 0.1) is 6.07 Å². The van der Waals surface area contributed by atoms with Crippen molar-refractivity contribution in [3.05, 3.63) is 48.5 Å². The zero-order valence-corrected chi connectivity index (χ0v) is 10.3. The first-order valence-electron chi connectivity index (χ1n) is 5.54. The molecule has 18 heavy (non-hydrogen) atoms. The van der Waals surface area contributed by atoms with Gasteiger partial charge in [-0.2, -0.15) is 0 Å². The van der Waals surface area contributed by atoms with Crippen LogP contribution >= 0.6 is 0 Å². The average molecular weight is 241 g/mol. The van der Waals surface area contributed by atoms with E-state index in [2.05, 4.69) is 6.07 Å². The summed E-state index contributed by atoms with van der Waals surface area (Å²) in [7, 11) is 1.61. The molecule has 0 N–H and O–H groups in total. The minimum atomic E-state index is -0.337. The number of methoxy groups -OCH3 is 1. The molecule has 91 valence electrons. The van der Waals surface area contributed by atoms with Gasteiger partial charge in [0.15, 0.2) is 0 Å². The molecule has 3 heteroatoms. The van der Waals surface area contributed by atoms with Gasteiger partial charge in [0.1, 0.15) is 11.5 Å². The molecule has 2 rings (SSSR count). The molecule has 3 nitrogen and oxygen atoms in total. The minimum Gasteiger partial charge on any atom is -0.496 e. The highest BCUT2D eigenvalue weighted by molar-refractivity contribution is 5.73. The molecule has 0 saturated carbocycles. The van der Waals surface area contributed by atoms with Crippen molar-refractivity contribution in [1.82, 2.24) is 0 Å². The predicted octanol–water partition coefficient (Wildman–Crippen LogP) is 3.09. The van der Waals surface area contributed by atoms with E-state index in [9.17, 15) is 4.79 Å². The van der Waals surface area contributed by atoms with Crippen LogP contribution in [-0.4, -0.2) is 13.1 Å². The fourth-order valence-corrected chi connectivity index (χ4v) is 1.70. The van der Waals surface area contributed by atoms with E-state index in [1.807, 2.05) is 30.3 Å². The SMILES string of the molecule is COc1ccc[c]c1-c1cccc(OC(C)=O)c1. The molecule has 0 heterocycles. The molecule has 2 aromatic carbocycles. The molecular weight excluding hydrogens is 228 g/mol. The van der Waals surface area contributed by atoms with Crippen molar-refractivity contribution in [3.63, 3.8) is 0 Å². The molecule has 0 aromatic heterocycles. The van der Waals surface area contributed by atoms with Gasteiger partial charge in [0.2, 0.25) is 0 Å². The molecule has 0 fully saturated rings. The number of carbonyl (C=O) groups is 1. The third-order valence-electron chi connectivity index (χ3n) is 2.42. The zero-order chi connectivity index (χ0) is 13.0. The number of hydrogen-bond acceptors (Lipinski definition) is 3. The third kappa shape index (κ3) is 2.69. The van der Waals surface area contributed by atoms with Crippen molar-refractivity contribution in [2.24, 2.45) is 0 Å². The summed E-state index contributed by atoms with van der Waals surface area (Å²) >= 11 is 0. The first-order chi connectivity index (χ1) is 8.70. The second-order valence-corrected chi connectivity index (χ2v) is 3.73. The molecular formula is C15H13O3. The van der Waals surface area contributed by atoms with Crippen molar-refractivity contribution < 1.29 is 14.3 Å². The van der Waals surface area contributed by atoms with E-state index in [1.165, 1.54) is 6.92 Å². The molecule has 1 radical (unpaired) electrons. The quantitative estimate of drug-likeness (QED) is 0.612. The van der Waals surface area contributed by atoms with Crippen LogP contribution in [-0.2, 0) is 4.79 Å². The van der Waals surface area contributed by atoms with Crippen molar-refractivity contribution >= 4 is 5.97 Å². The van der Waals surface area contributed by atoms with E-state index >= 15 is 0 Å². The molecule has 0 amide bonds. The summed E-state index contributed by atoms with van der Waals surface area (Å²) in [6.45, 7) is 1.38. The largest absolute Gasteiger partial charge is 0.496 e. The fourth-order valence-electron chi connectivity index (χ4n) is 1.70. The Kier molecular flexibility index (Phi) is 3.63. The van der Waals surface area contributed by atoms with Crippen LogP contribution in [0.3, 0.4) is 0 Å². The summed E-state index contributed by atoms with van der Waals surface area (Å²) in [6.07, 6.45) is 0. The minimum absolute atomic E-state index is 0.337. The monoisotopic (exact) mass is 241 g/mol. The normalized spacial score (nSPS) is 9.89. The van der Waals surface area contributed by atoms with E-state index in [-0.39, 0.29) is 5.97 Å². The van der Waals surface area contributed by atoms with Gasteiger partial charge in [-0.15, -0.1) is 0 Å². The van der Waals surface area contributed by atoms with Gasteiger partial charge in [-0.05, 0) is 29.8 Å². The number of hydrogen-bond donors (Lipinski definition) is 0. The van der Waals surface area contributed by atoms with Gasteiger partial charge in [-0.1, -0.05) is 24.3 Å². The van der Waals surface area contributed by atoms with Crippen LogP contribution in [0.2, 0.25) is 0 Å². The lowest BCUT2D eigenvalue weighted by molar-refractivity contribution is -0.131. The summed E-state index contributed by atoms with van der Waals surface area (Å²) in [5.41, 5.74) is 1.74. The Bertz CT molecular complexity index is 561. The van der Waals surface area contributed by atoms with Crippen LogP contribution in [0.1, 0.15) is 6.92 Å². The maximum absolute atomic E-state index is 10.9. The van der Waals surface area contributed by atoms with Crippen molar-refractivity contribution in [2.45, 2.75) is 6.92 Å². The van der Waals surface area contributed by atoms with E-state index < -0.39 is 0 Å². The molecule has 0 unspecified atom stereocenters. The maximum Gasteiger partial charge on any atom is 0.308 e. The lowest BCUT2D eigenvalue weighted by Gasteiger charge is -2.09. The van der Waals surface area contributed by atoms with Gasteiger partial charge in [0, 0.05) is 12.5 Å². The zero-order valence-electron chi connectivity index (χ0n) is 10.3. The van der Waals surface area contributed by atoms with E-state index in [0.29, 0.717) is 5.75 Å². The standard InChI is InChI=1S/C15H13O3/c1-11(16)18-13-7-5-6-12(10-13)14-8-3-4-9-15(14)17-2/h3-7,9-10H,1-2H3. The molecule has 0 aliphatic heterocycles. The predicted molar refractivity (Wildman–Crippen MR) is 68.6 cm³/mol. The lowest BCUT2D eigenvalue weighted by Crippen LogP contribution is -2.01. The Morgan fingerprint density at radius 1 is 1.22 bits per heavy atom. The van der Waals surface area contributed by atoms with Crippen molar-refractivity contribution in [3.8, 4) is 22.6 Å². The fraction of sp³-hybridized carbons (Fsp3) is 0.133. The van der Waals surface area contributed by atoms with E-state index in [1.54, 1.807) is 19.2 Å². The second-order valence-electron chi connectivity index (χ2n) is 3.73. The molecule has 0 aliphatic rings. The van der Waals surface area contributed by atoms with Crippen LogP contribution in [0.4, 0.5) is 0 Å². The maximum atomic E-state index is 10.9. The number of rotatable bonds is 3. The van der Waals surface area contributed by atoms with Crippen molar-refractivity contribution in [1.29, 1.82) is 0 Å². The summed E-state index contributed by atoms with van der Waals surface area (Å²) in [4.78, 5) is 10.9. The molecule has 0 bridgehead atoms. The second kappa shape index (κ2) is 5.36. The van der Waals surface area contributed by atoms with Gasteiger partial charge in [-0.3, -0.25) is 4.79 Å². The summed E-state index contributed by atoms with van der Waals surface area (Å²) < 4.78 is 10.3. The number of carbonyl (C=O) groups excluding carboxylic acids is 1. The third-order valence-corrected chi connectivity index (χ3v) is 2.42. The Labute approximate surface area is 106 Å². The smallest absolute Gasteiger partial charge is 0.308 e. The Morgan fingerprint density at radius 2 is 2.06 bits per heavy atom. The number of ether oxygens (including phenoxy) is 2. The van der Waals surface area contributed by atoms with Crippen LogP contribution < -0.4 is 9.47 Å². The van der Waals surface area contributed by atoms with Gasteiger partial charge in [-0.25, -0.2) is 0 Å². The van der Waals surface area contributed by atoms with Crippen LogP contribution in [0.5, 0.6) is 11.5 Å². The summed E-state index contributed by atoms with van der Waals surface area (Å²) in [5.74, 6) is 0.910. The van der Waals surface area contributed by atoms with Gasteiger partial charge in [0.25, 0.3) is 0 Å². The molecule has 0 aliphatic carbocycles. The lowest BCUT2D eigenvalue weighted by atomic mass is 10.0. The highest BCUT2D eigenvalue weighted by Gasteiger charge is 2.06. The summed E-state index contributed by atoms with van der Waals surface area (Å²) in [6, 6.07) is 15.9. The summed E-state index contributed by atoms with van der Waals surface area (Å²) in [5, 5.41) is 0. The number of esters is 1. The van der Waals surface area contributed by atoms with Gasteiger partial charge < -0.3 is 9.47 Å². The molecule has 0 spiro atoms. The van der Waals surface area contributed by atoms with Gasteiger partial charge >= 0.3 is 5.97 Å². The molecule has 2 aromatic rings. The average Bonchev–Trinajstić information content (AvgIpc) is 2.38. The molecule has 0 saturated heterocycles. The Balaban J connectivity index is 2.41. The van der Waals surface area contributed by atoms with Crippen LogP contribution in [0.25, 0.3) is 11.1 Å². The first kappa shape index (κ1) is 12.2. The highest BCUT2D eigenvalue weighted by Crippen LogP contribution is 2.31. The van der Waals surface area contributed by atoms with E-state index in [0.717, 1.165) is 16.9 Å². The highest BCUT2D eigenvalue weighted by atomic mass is 16.5. The Hall–Kier alpha value is -2.29. The van der Waals surface area contributed by atoms with Crippen LogP contribution in [0.15, 0.2) is 42.5 Å². The van der Waals surface area contributed by atoms with E-state index in [4.69, 9.17) is 9.47 Å². The first-order valence-corrected chi connectivity index (χ1v) is 5.54. The Morgan fingerprint density at radius 3 is 2.78 bits per heavy atom. The molecule has 0 atom stereocenters.